The van der Waals surface area contributed by atoms with Crippen LogP contribution in [0.15, 0.2) is 71.7 Å². The number of piperidine rings is 1. The van der Waals surface area contributed by atoms with Crippen LogP contribution in [-0.4, -0.2) is 56.3 Å². The first-order valence-electron chi connectivity index (χ1n) is 12.7. The Kier molecular flexibility index (Phi) is 7.03. The van der Waals surface area contributed by atoms with Gasteiger partial charge in [0, 0.05) is 43.4 Å². The molecule has 0 amide bonds. The molecule has 5 aromatic rings. The molecule has 0 bridgehead atoms. The molecule has 1 aliphatic rings. The maximum Gasteiger partial charge on any atom is 0.314 e. The summed E-state index contributed by atoms with van der Waals surface area (Å²) in [6.45, 7) is 0.747. The predicted molar refractivity (Wildman–Crippen MR) is 142 cm³/mol. The second kappa shape index (κ2) is 10.8. The minimum Gasteiger partial charge on any atom is -0.415 e. The van der Waals surface area contributed by atoms with Crippen molar-refractivity contribution in [2.75, 3.05) is 22.3 Å². The van der Waals surface area contributed by atoms with E-state index in [1.54, 1.807) is 47.4 Å². The monoisotopic (exact) mass is 584 g/mol. The lowest BCUT2D eigenvalue weighted by molar-refractivity contribution is 0.116. The number of halogens is 3. The molecule has 6 rings (SSSR count). The van der Waals surface area contributed by atoms with Crippen molar-refractivity contribution in [2.24, 2.45) is 0 Å². The Morgan fingerprint density at radius 1 is 1.05 bits per heavy atom. The molecule has 0 atom stereocenters. The lowest BCUT2D eigenvalue weighted by Gasteiger charge is -2.35. The minimum absolute atomic E-state index is 0.0939. The first-order valence-corrected chi connectivity index (χ1v) is 14.2. The highest BCUT2D eigenvalue weighted by Gasteiger charge is 2.36. The van der Waals surface area contributed by atoms with Gasteiger partial charge in [-0.3, -0.25) is 4.31 Å². The largest absolute Gasteiger partial charge is 0.415 e. The van der Waals surface area contributed by atoms with Gasteiger partial charge >= 0.3 is 6.43 Å². The van der Waals surface area contributed by atoms with Crippen molar-refractivity contribution in [3.63, 3.8) is 0 Å². The van der Waals surface area contributed by atoms with Gasteiger partial charge in [-0.1, -0.05) is 6.07 Å². The number of anilines is 2. The summed E-state index contributed by atoms with van der Waals surface area (Å²) >= 11 is 0. The van der Waals surface area contributed by atoms with Crippen LogP contribution in [0.5, 0.6) is 0 Å². The third kappa shape index (κ3) is 5.44. The Balaban J connectivity index is 1.27. The summed E-state index contributed by atoms with van der Waals surface area (Å²) in [6, 6.07) is 10.3. The second-order valence-corrected chi connectivity index (χ2v) is 11.6. The molecule has 1 saturated heterocycles. The summed E-state index contributed by atoms with van der Waals surface area (Å²) in [5.74, 6) is -0.910. The maximum absolute atomic E-state index is 14.2. The zero-order valence-electron chi connectivity index (χ0n) is 21.4. The molecule has 0 spiro atoms. The van der Waals surface area contributed by atoms with Crippen LogP contribution in [0.4, 0.5) is 24.8 Å². The van der Waals surface area contributed by atoms with Gasteiger partial charge < -0.3 is 13.7 Å². The first kappa shape index (κ1) is 26.7. The standard InChI is InChI=1S/C26H23F3N8O3S/c27-18-3-1-4-20(14-18)37(41(38,39)21-6-11-35(12-7-21)26-30-8-2-9-31-26)16-19-15-36-10-5-17(13-22(36)32-19)24-33-34-25(40-24)23(28)29/h1-5,8-10,13-15,21,23H,6-7,11-12,16H2. The highest BCUT2D eigenvalue weighted by atomic mass is 32.2. The molecule has 11 nitrogen and oxygen atoms in total. The fraction of sp³-hybridized carbons (Fsp3) is 0.269. The van der Waals surface area contributed by atoms with Gasteiger partial charge in [0.15, 0.2) is 0 Å². The molecule has 41 heavy (non-hydrogen) atoms. The Labute approximate surface area is 232 Å². The summed E-state index contributed by atoms with van der Waals surface area (Å²) < 4.78 is 75.8. The van der Waals surface area contributed by atoms with E-state index >= 15 is 0 Å². The van der Waals surface area contributed by atoms with Crippen LogP contribution >= 0.6 is 0 Å². The number of sulfonamides is 1. The van der Waals surface area contributed by atoms with Gasteiger partial charge in [0.2, 0.25) is 21.9 Å². The van der Waals surface area contributed by atoms with E-state index in [9.17, 15) is 21.6 Å². The second-order valence-electron chi connectivity index (χ2n) is 9.43. The van der Waals surface area contributed by atoms with E-state index in [-0.39, 0.29) is 18.1 Å². The van der Waals surface area contributed by atoms with E-state index in [4.69, 9.17) is 4.42 Å². The number of alkyl halides is 2. The van der Waals surface area contributed by atoms with Gasteiger partial charge in [0.25, 0.3) is 5.89 Å². The summed E-state index contributed by atoms with van der Waals surface area (Å²) in [4.78, 5) is 15.0. The smallest absolute Gasteiger partial charge is 0.314 e. The van der Waals surface area contributed by atoms with Gasteiger partial charge in [-0.05, 0) is 49.2 Å². The number of hydrogen-bond acceptors (Lipinski definition) is 9. The van der Waals surface area contributed by atoms with Crippen LogP contribution in [0.3, 0.4) is 0 Å². The number of aromatic nitrogens is 6. The molecule has 212 valence electrons. The van der Waals surface area contributed by atoms with E-state index in [2.05, 4.69) is 25.1 Å². The number of imidazole rings is 1. The van der Waals surface area contributed by atoms with Gasteiger partial charge in [0.1, 0.15) is 11.5 Å². The van der Waals surface area contributed by atoms with Crippen molar-refractivity contribution in [1.29, 1.82) is 0 Å². The number of benzene rings is 1. The highest BCUT2D eigenvalue weighted by Crippen LogP contribution is 2.30. The lowest BCUT2D eigenvalue weighted by Crippen LogP contribution is -2.45. The number of pyridine rings is 1. The van der Waals surface area contributed by atoms with Crippen molar-refractivity contribution in [2.45, 2.75) is 31.1 Å². The fourth-order valence-electron chi connectivity index (χ4n) is 4.78. The Morgan fingerprint density at radius 3 is 2.54 bits per heavy atom. The minimum atomic E-state index is -3.95. The van der Waals surface area contributed by atoms with Crippen LogP contribution in [0, 0.1) is 5.82 Å². The van der Waals surface area contributed by atoms with Crippen LogP contribution in [0.2, 0.25) is 0 Å². The molecule has 0 radical (unpaired) electrons. The number of rotatable bonds is 8. The fourth-order valence-corrected chi connectivity index (χ4v) is 6.66. The van der Waals surface area contributed by atoms with Crippen LogP contribution in [-0.2, 0) is 16.6 Å². The third-order valence-electron chi connectivity index (χ3n) is 6.79. The van der Waals surface area contributed by atoms with E-state index in [1.807, 2.05) is 4.90 Å². The average Bonchev–Trinajstić information content (AvgIpc) is 3.63. The molecule has 1 fully saturated rings. The van der Waals surface area contributed by atoms with E-state index in [1.165, 1.54) is 28.6 Å². The van der Waals surface area contributed by atoms with Gasteiger partial charge in [-0.15, -0.1) is 10.2 Å². The first-order chi connectivity index (χ1) is 19.8. The van der Waals surface area contributed by atoms with E-state index in [0.29, 0.717) is 48.8 Å². The molecule has 0 N–H and O–H groups in total. The highest BCUT2D eigenvalue weighted by molar-refractivity contribution is 7.93. The van der Waals surface area contributed by atoms with Crippen molar-refractivity contribution in [3.8, 4) is 11.5 Å². The van der Waals surface area contributed by atoms with Crippen LogP contribution < -0.4 is 9.21 Å². The summed E-state index contributed by atoms with van der Waals surface area (Å²) in [5.41, 5.74) is 1.35. The number of fused-ring (bicyclic) bond motifs is 1. The summed E-state index contributed by atoms with van der Waals surface area (Å²) in [6.07, 6.45) is 4.32. The molecular weight excluding hydrogens is 561 g/mol. The van der Waals surface area contributed by atoms with Gasteiger partial charge in [-0.25, -0.2) is 27.8 Å². The van der Waals surface area contributed by atoms with Crippen LogP contribution in [0.1, 0.15) is 30.9 Å². The van der Waals surface area contributed by atoms with Gasteiger partial charge in [-0.2, -0.15) is 8.78 Å². The molecular formula is C26H23F3N8O3S. The molecule has 0 saturated carbocycles. The van der Waals surface area contributed by atoms with Gasteiger partial charge in [0.05, 0.1) is 23.2 Å². The zero-order chi connectivity index (χ0) is 28.6. The maximum atomic E-state index is 14.2. The SMILES string of the molecule is O=S(=O)(C1CCN(c2ncccn2)CC1)N(Cc1cn2ccc(-c3nnc(C(F)F)o3)cc2n1)c1cccc(F)c1. The van der Waals surface area contributed by atoms with E-state index in [0.717, 1.165) is 0 Å². The molecule has 0 aliphatic carbocycles. The normalized spacial score (nSPS) is 14.7. The van der Waals surface area contributed by atoms with Crippen LogP contribution in [0.25, 0.3) is 17.1 Å². The van der Waals surface area contributed by atoms with Crippen molar-refractivity contribution in [1.82, 2.24) is 29.5 Å². The zero-order valence-corrected chi connectivity index (χ0v) is 22.2. The Morgan fingerprint density at radius 2 is 1.83 bits per heavy atom. The van der Waals surface area contributed by atoms with Crippen molar-refractivity contribution < 1.29 is 26.0 Å². The molecule has 4 aromatic heterocycles. The molecule has 1 aromatic carbocycles. The Hall–Kier alpha value is -4.53. The van der Waals surface area contributed by atoms with Crippen molar-refractivity contribution >= 4 is 27.3 Å². The summed E-state index contributed by atoms with van der Waals surface area (Å²) in [5, 5.41) is 6.29. The third-order valence-corrected chi connectivity index (χ3v) is 9.06. The average molecular weight is 585 g/mol. The lowest BCUT2D eigenvalue weighted by atomic mass is 10.1. The van der Waals surface area contributed by atoms with E-state index < -0.39 is 33.4 Å². The molecule has 1 aliphatic heterocycles. The quantitative estimate of drug-likeness (QED) is 0.263. The van der Waals surface area contributed by atoms with Crippen molar-refractivity contribution in [3.05, 3.63) is 84.7 Å². The number of nitrogens with zero attached hydrogens (tertiary/aromatic N) is 8. The molecule has 5 heterocycles. The predicted octanol–water partition coefficient (Wildman–Crippen LogP) is 4.26. The molecule has 0 unspecified atom stereocenters. The molecule has 15 heteroatoms. The Bertz CT molecular complexity index is 1770. The topological polar surface area (TPSA) is 123 Å². The number of hydrogen-bond donors (Lipinski definition) is 0. The summed E-state index contributed by atoms with van der Waals surface area (Å²) in [7, 11) is -3.95.